The average molecular weight is 553 g/mol. The Labute approximate surface area is 237 Å². The fourth-order valence-electron chi connectivity index (χ4n) is 4.63. The van der Waals surface area contributed by atoms with Crippen LogP contribution in [0.25, 0.3) is 28.3 Å². The van der Waals surface area contributed by atoms with Crippen LogP contribution in [0.3, 0.4) is 0 Å². The van der Waals surface area contributed by atoms with Gasteiger partial charge in [0.1, 0.15) is 24.7 Å². The molecule has 0 heterocycles. The van der Waals surface area contributed by atoms with E-state index >= 15 is 0 Å². The Morgan fingerprint density at radius 1 is 0.707 bits per heavy atom. The molecule has 0 atom stereocenters. The predicted molar refractivity (Wildman–Crippen MR) is 153 cm³/mol. The Bertz CT molecular complexity index is 1550. The van der Waals surface area contributed by atoms with Gasteiger partial charge in [0.25, 0.3) is 0 Å². The van der Waals surface area contributed by atoms with Crippen molar-refractivity contribution in [1.82, 2.24) is 0 Å². The number of rotatable bonds is 10. The molecule has 2 bridgehead atoms. The fourth-order valence-corrected chi connectivity index (χ4v) is 4.63. The molecule has 2 aromatic carbocycles. The number of fused-ring (bicyclic) bond motifs is 3. The number of ether oxygens (including phenoxy) is 2. The molecule has 3 aliphatic carbocycles. The third kappa shape index (κ3) is 6.81. The van der Waals surface area contributed by atoms with Crippen molar-refractivity contribution < 1.29 is 39.1 Å². The number of benzene rings is 2. The molecule has 2 N–H and O–H groups in total. The van der Waals surface area contributed by atoms with E-state index in [0.717, 1.165) is 33.9 Å². The first kappa shape index (κ1) is 27.6. The summed E-state index contributed by atoms with van der Waals surface area (Å²) in [6.45, 7) is 0.194. The van der Waals surface area contributed by atoms with Crippen LogP contribution in [0.1, 0.15) is 22.3 Å². The number of aliphatic hydroxyl groups is 2. The largest absolute Gasteiger partial charge is 0.491 e. The standard InChI is InChI=1S/C33H28O8/c34-14-16-38-28-9-4-22(5-10-28)6-13-31(36)40-41-33(37)32-27-19-23(18-25-2-1-3-26(25)21-27)20-30(32)24-7-11-29(12-8-24)39-17-15-35/h1-13,18-19,21,34-35H,14-17,20H2/b13-6+. The summed E-state index contributed by atoms with van der Waals surface area (Å²) in [5, 5.41) is 17.9. The van der Waals surface area contributed by atoms with Crippen LogP contribution in [-0.4, -0.2) is 48.6 Å². The molecule has 3 aliphatic rings. The number of aliphatic hydroxyl groups excluding tert-OH is 2. The SMILES string of the molecule is O=C(/C=C/c1ccc(OCCO)cc1)OOC(=O)C1=C(c2ccc(OCCO)cc2)Cc2cc1cc1cccc-1c2. The number of hydrogen-bond acceptors (Lipinski definition) is 8. The summed E-state index contributed by atoms with van der Waals surface area (Å²) < 4.78 is 10.8. The van der Waals surface area contributed by atoms with E-state index in [1.807, 2.05) is 42.5 Å². The van der Waals surface area contributed by atoms with Gasteiger partial charge in [-0.05, 0) is 81.8 Å². The second-order valence-electron chi connectivity index (χ2n) is 9.27. The summed E-state index contributed by atoms with van der Waals surface area (Å²) in [5.41, 5.74) is 6.23. The molecular weight excluding hydrogens is 524 g/mol. The highest BCUT2D eigenvalue weighted by molar-refractivity contribution is 6.25. The first-order valence-electron chi connectivity index (χ1n) is 13.1. The van der Waals surface area contributed by atoms with Crippen molar-refractivity contribution in [3.05, 3.63) is 113 Å². The first-order chi connectivity index (χ1) is 20.0. The molecule has 0 radical (unpaired) electrons. The van der Waals surface area contributed by atoms with Crippen LogP contribution in [0.5, 0.6) is 11.5 Å². The quantitative estimate of drug-likeness (QED) is 0.165. The summed E-state index contributed by atoms with van der Waals surface area (Å²) in [7, 11) is 0. The van der Waals surface area contributed by atoms with E-state index in [4.69, 9.17) is 29.5 Å². The van der Waals surface area contributed by atoms with Gasteiger partial charge in [-0.15, -0.1) is 0 Å². The molecular formula is C33H28O8. The molecule has 0 spiro atoms. The Balaban J connectivity index is 1.35. The molecule has 0 amide bonds. The highest BCUT2D eigenvalue weighted by Gasteiger charge is 2.27. The van der Waals surface area contributed by atoms with Crippen LogP contribution in [0, 0.1) is 0 Å². The van der Waals surface area contributed by atoms with Crippen molar-refractivity contribution >= 4 is 29.2 Å². The molecule has 2 aromatic rings. The molecule has 0 aliphatic heterocycles. The normalized spacial score (nSPS) is 12.4. The van der Waals surface area contributed by atoms with Crippen LogP contribution >= 0.6 is 0 Å². The maximum absolute atomic E-state index is 13.4. The monoisotopic (exact) mass is 552 g/mol. The van der Waals surface area contributed by atoms with Gasteiger partial charge in [-0.1, -0.05) is 54.6 Å². The maximum atomic E-state index is 13.4. The van der Waals surface area contributed by atoms with Crippen LogP contribution < -0.4 is 9.47 Å². The van der Waals surface area contributed by atoms with Crippen LogP contribution in [0.15, 0.2) is 91.0 Å². The van der Waals surface area contributed by atoms with Gasteiger partial charge < -0.3 is 19.7 Å². The van der Waals surface area contributed by atoms with E-state index in [1.165, 1.54) is 6.08 Å². The summed E-state index contributed by atoms with van der Waals surface area (Å²) in [4.78, 5) is 35.7. The zero-order chi connectivity index (χ0) is 28.6. The number of carbonyl (C=O) groups excluding carboxylic acids is 2. The van der Waals surface area contributed by atoms with Crippen molar-refractivity contribution in [3.63, 3.8) is 0 Å². The smallest absolute Gasteiger partial charge is 0.387 e. The lowest BCUT2D eigenvalue weighted by atomic mass is 9.86. The molecule has 5 rings (SSSR count). The third-order valence-corrected chi connectivity index (χ3v) is 6.47. The molecule has 8 nitrogen and oxygen atoms in total. The van der Waals surface area contributed by atoms with Crippen LogP contribution in [-0.2, 0) is 25.8 Å². The number of carbonyl (C=O) groups is 2. The Kier molecular flexibility index (Phi) is 8.73. The summed E-state index contributed by atoms with van der Waals surface area (Å²) in [5.74, 6) is -0.448. The minimum absolute atomic E-state index is 0.0843. The Morgan fingerprint density at radius 3 is 1.98 bits per heavy atom. The van der Waals surface area contributed by atoms with Crippen molar-refractivity contribution in [2.75, 3.05) is 26.4 Å². The highest BCUT2D eigenvalue weighted by Crippen LogP contribution is 2.38. The van der Waals surface area contributed by atoms with Crippen molar-refractivity contribution in [2.45, 2.75) is 6.42 Å². The van der Waals surface area contributed by atoms with Crippen molar-refractivity contribution in [1.29, 1.82) is 0 Å². The van der Waals surface area contributed by atoms with Gasteiger partial charge in [0, 0.05) is 6.08 Å². The summed E-state index contributed by atoms with van der Waals surface area (Å²) >= 11 is 0. The Morgan fingerprint density at radius 2 is 1.32 bits per heavy atom. The van der Waals surface area contributed by atoms with Gasteiger partial charge in [-0.3, -0.25) is 0 Å². The van der Waals surface area contributed by atoms with Crippen molar-refractivity contribution in [2.24, 2.45) is 0 Å². The van der Waals surface area contributed by atoms with E-state index in [0.29, 0.717) is 34.6 Å². The molecule has 0 saturated heterocycles. The molecule has 208 valence electrons. The lowest BCUT2D eigenvalue weighted by Gasteiger charge is -2.18. The van der Waals surface area contributed by atoms with E-state index in [-0.39, 0.29) is 26.4 Å². The van der Waals surface area contributed by atoms with Crippen LogP contribution in [0.4, 0.5) is 0 Å². The number of allylic oxidation sites excluding steroid dienone is 1. The molecule has 0 aromatic heterocycles. The topological polar surface area (TPSA) is 112 Å². The lowest BCUT2D eigenvalue weighted by molar-refractivity contribution is -0.249. The van der Waals surface area contributed by atoms with Crippen molar-refractivity contribution in [3.8, 4) is 22.6 Å². The minimum atomic E-state index is -0.847. The summed E-state index contributed by atoms with van der Waals surface area (Å²) in [6.07, 6.45) is 3.15. The molecule has 0 fully saturated rings. The Hall–Kier alpha value is -4.92. The van der Waals surface area contributed by atoms with Gasteiger partial charge in [0.15, 0.2) is 0 Å². The third-order valence-electron chi connectivity index (χ3n) is 6.47. The first-order valence-corrected chi connectivity index (χ1v) is 13.1. The van der Waals surface area contributed by atoms with E-state index in [9.17, 15) is 9.59 Å². The van der Waals surface area contributed by atoms with E-state index in [1.54, 1.807) is 36.4 Å². The molecule has 41 heavy (non-hydrogen) atoms. The fraction of sp³-hybridized carbons (Fsp3) is 0.152. The van der Waals surface area contributed by atoms with E-state index < -0.39 is 11.9 Å². The number of hydrogen-bond donors (Lipinski definition) is 2. The average Bonchev–Trinajstić information content (AvgIpc) is 3.37. The van der Waals surface area contributed by atoms with Gasteiger partial charge in [-0.25, -0.2) is 19.4 Å². The van der Waals surface area contributed by atoms with Crippen LogP contribution in [0.2, 0.25) is 0 Å². The van der Waals surface area contributed by atoms with Gasteiger partial charge in [0.05, 0.1) is 18.8 Å². The summed E-state index contributed by atoms with van der Waals surface area (Å²) in [6, 6.07) is 26.0. The lowest BCUT2D eigenvalue weighted by Crippen LogP contribution is -2.15. The van der Waals surface area contributed by atoms with Gasteiger partial charge >= 0.3 is 11.9 Å². The zero-order valence-corrected chi connectivity index (χ0v) is 22.1. The second-order valence-corrected chi connectivity index (χ2v) is 9.27. The molecule has 0 unspecified atom stereocenters. The van der Waals surface area contributed by atoms with E-state index in [2.05, 4.69) is 6.07 Å². The zero-order valence-electron chi connectivity index (χ0n) is 22.1. The molecule has 0 saturated carbocycles. The minimum Gasteiger partial charge on any atom is -0.491 e. The molecule has 8 heteroatoms. The maximum Gasteiger partial charge on any atom is 0.387 e. The predicted octanol–water partition coefficient (Wildman–Crippen LogP) is 4.72. The van der Waals surface area contributed by atoms with Gasteiger partial charge in [-0.2, -0.15) is 0 Å². The second kappa shape index (κ2) is 13.0. The highest BCUT2D eigenvalue weighted by atomic mass is 17.2. The van der Waals surface area contributed by atoms with Gasteiger partial charge in [0.2, 0.25) is 0 Å².